The molecule has 1 aliphatic rings. The predicted molar refractivity (Wildman–Crippen MR) is 80.7 cm³/mol. The predicted octanol–water partition coefficient (Wildman–Crippen LogP) is 0.361. The first-order valence-corrected chi connectivity index (χ1v) is 6.10. The molecule has 0 unspecified atom stereocenters. The van der Waals surface area contributed by atoms with E-state index in [1.54, 1.807) is 39.7 Å². The molecule has 2 rings (SSSR count). The second-order valence-electron chi connectivity index (χ2n) is 4.05. The molecule has 0 amide bonds. The first kappa shape index (κ1) is 14.9. The molecule has 0 fully saturated rings. The molecular weight excluding hydrogens is 274 g/mol. The Hall–Kier alpha value is -2.45. The van der Waals surface area contributed by atoms with Gasteiger partial charge in [-0.25, -0.2) is 15.0 Å². The van der Waals surface area contributed by atoms with Gasteiger partial charge < -0.3 is 14.2 Å². The number of ether oxygens (including phenoxy) is 3. The van der Waals surface area contributed by atoms with Gasteiger partial charge in [0.05, 0.1) is 21.3 Å². The minimum absolute atomic E-state index is 0.515. The summed E-state index contributed by atoms with van der Waals surface area (Å²) in [6, 6.07) is 3.52. The van der Waals surface area contributed by atoms with Crippen molar-refractivity contribution in [2.45, 2.75) is 5.91 Å². The maximum atomic E-state index is 5.43. The highest BCUT2D eigenvalue weighted by molar-refractivity contribution is 6.17. The first-order valence-electron chi connectivity index (χ1n) is 6.10. The maximum absolute atomic E-state index is 5.43. The van der Waals surface area contributed by atoms with Crippen LogP contribution in [0.25, 0.3) is 0 Å². The van der Waals surface area contributed by atoms with Gasteiger partial charge in [-0.3, -0.25) is 5.84 Å². The fourth-order valence-corrected chi connectivity index (χ4v) is 1.83. The van der Waals surface area contributed by atoms with Gasteiger partial charge in [0.1, 0.15) is 0 Å². The highest BCUT2D eigenvalue weighted by atomic mass is 16.5. The molecule has 0 saturated carbocycles. The number of nitrogens with one attached hydrogen (secondary N) is 1. The van der Waals surface area contributed by atoms with Crippen LogP contribution in [0.2, 0.25) is 0 Å². The summed E-state index contributed by atoms with van der Waals surface area (Å²) in [6.45, 7) is 0. The Bertz CT molecular complexity index is 560. The molecule has 112 valence electrons. The summed E-state index contributed by atoms with van der Waals surface area (Å²) < 4.78 is 15.8. The number of nitrogens with two attached hydrogens (primary N) is 1. The Kier molecular flexibility index (Phi) is 4.51. The van der Waals surface area contributed by atoms with Crippen molar-refractivity contribution in [3.05, 3.63) is 17.7 Å². The first-order chi connectivity index (χ1) is 10.2. The van der Waals surface area contributed by atoms with Crippen LogP contribution in [0.4, 0.5) is 0 Å². The lowest BCUT2D eigenvalue weighted by Gasteiger charge is -2.16. The highest BCUT2D eigenvalue weighted by Crippen LogP contribution is 2.37. The van der Waals surface area contributed by atoms with Gasteiger partial charge in [0.25, 0.3) is 0 Å². The average molecular weight is 291 g/mol. The van der Waals surface area contributed by atoms with Crippen LogP contribution in [0.15, 0.2) is 27.1 Å². The number of aliphatic imine (C=N–C) groups is 3. The van der Waals surface area contributed by atoms with Gasteiger partial charge in [-0.05, 0) is 12.1 Å². The van der Waals surface area contributed by atoms with E-state index in [-0.39, 0.29) is 0 Å². The van der Waals surface area contributed by atoms with E-state index in [2.05, 4.69) is 20.4 Å². The maximum Gasteiger partial charge on any atom is 0.319 e. The average Bonchev–Trinajstić information content (AvgIpc) is 3.01. The third kappa shape index (κ3) is 3.01. The van der Waals surface area contributed by atoms with Crippen LogP contribution in [-0.4, -0.2) is 45.9 Å². The topological polar surface area (TPSA) is 103 Å². The van der Waals surface area contributed by atoms with Crippen LogP contribution in [0.3, 0.4) is 0 Å². The Morgan fingerprint density at radius 2 is 1.67 bits per heavy atom. The van der Waals surface area contributed by atoms with Crippen molar-refractivity contribution >= 4 is 18.6 Å². The van der Waals surface area contributed by atoms with E-state index in [4.69, 9.17) is 20.1 Å². The summed E-state index contributed by atoms with van der Waals surface area (Å²) in [6.07, 6.45) is 4.61. The molecule has 21 heavy (non-hydrogen) atoms. The largest absolute Gasteiger partial charge is 0.493 e. The van der Waals surface area contributed by atoms with Crippen LogP contribution >= 0.6 is 0 Å². The molecule has 3 N–H and O–H groups in total. The van der Waals surface area contributed by atoms with Crippen LogP contribution in [0.1, 0.15) is 5.56 Å². The van der Waals surface area contributed by atoms with Crippen molar-refractivity contribution in [1.82, 2.24) is 5.43 Å². The monoisotopic (exact) mass is 291 g/mol. The zero-order chi connectivity index (χ0) is 15.3. The molecular formula is C13H17N5O3. The van der Waals surface area contributed by atoms with E-state index in [0.29, 0.717) is 17.2 Å². The van der Waals surface area contributed by atoms with Crippen LogP contribution in [0.5, 0.6) is 17.2 Å². The zero-order valence-corrected chi connectivity index (χ0v) is 12.0. The van der Waals surface area contributed by atoms with E-state index in [9.17, 15) is 0 Å². The summed E-state index contributed by atoms with van der Waals surface area (Å²) in [4.78, 5) is 12.3. The van der Waals surface area contributed by atoms with Crippen molar-refractivity contribution in [2.24, 2.45) is 20.8 Å². The van der Waals surface area contributed by atoms with Crippen molar-refractivity contribution < 1.29 is 14.2 Å². The molecule has 1 aliphatic heterocycles. The summed E-state index contributed by atoms with van der Waals surface area (Å²) in [5.41, 5.74) is 3.18. The molecule has 1 aromatic rings. The number of rotatable bonds is 6. The second kappa shape index (κ2) is 6.33. The number of hydrogen-bond acceptors (Lipinski definition) is 8. The van der Waals surface area contributed by atoms with Gasteiger partial charge in [0, 0.05) is 24.2 Å². The van der Waals surface area contributed by atoms with Gasteiger partial charge in [-0.1, -0.05) is 0 Å². The fraction of sp³-hybridized carbons (Fsp3) is 0.308. The summed E-state index contributed by atoms with van der Waals surface area (Å²) in [5, 5.41) is 0. The van der Waals surface area contributed by atoms with E-state index in [0.717, 1.165) is 5.56 Å². The molecule has 0 aliphatic carbocycles. The van der Waals surface area contributed by atoms with Gasteiger partial charge >= 0.3 is 5.91 Å². The fourth-order valence-electron chi connectivity index (χ4n) is 1.83. The lowest BCUT2D eigenvalue weighted by molar-refractivity contribution is 0.324. The molecule has 0 spiro atoms. The standard InChI is InChI=1S/C13H17N5O3/c1-19-10-6-9(7-11(20-2)12(10)21-3)8-17-13(18-14)15-4-5-16-13/h4-8,18H,14H2,1-3H3/b17-8+. The van der Waals surface area contributed by atoms with Crippen molar-refractivity contribution in [1.29, 1.82) is 0 Å². The second-order valence-corrected chi connectivity index (χ2v) is 4.05. The molecule has 8 heteroatoms. The molecule has 0 radical (unpaired) electrons. The molecule has 1 aromatic carbocycles. The van der Waals surface area contributed by atoms with Gasteiger partial charge in [0.2, 0.25) is 5.75 Å². The van der Waals surface area contributed by atoms with Crippen molar-refractivity contribution in [3.63, 3.8) is 0 Å². The SMILES string of the molecule is COc1cc(/C=N/C2(NN)N=CC=N2)cc(OC)c1OC. The van der Waals surface area contributed by atoms with Crippen LogP contribution < -0.4 is 25.5 Å². The Morgan fingerprint density at radius 1 is 1.10 bits per heavy atom. The Labute approximate surface area is 122 Å². The van der Waals surface area contributed by atoms with Crippen molar-refractivity contribution in [2.75, 3.05) is 21.3 Å². The van der Waals surface area contributed by atoms with Gasteiger partial charge in [-0.15, -0.1) is 0 Å². The smallest absolute Gasteiger partial charge is 0.319 e. The van der Waals surface area contributed by atoms with Crippen LogP contribution in [-0.2, 0) is 0 Å². The molecule has 1 heterocycles. The lowest BCUT2D eigenvalue weighted by atomic mass is 10.2. The zero-order valence-electron chi connectivity index (χ0n) is 12.0. The number of hydrazine groups is 1. The van der Waals surface area contributed by atoms with E-state index >= 15 is 0 Å². The van der Waals surface area contributed by atoms with E-state index < -0.39 is 5.91 Å². The molecule has 0 saturated heterocycles. The number of benzene rings is 1. The van der Waals surface area contributed by atoms with E-state index in [1.807, 2.05) is 0 Å². The lowest BCUT2D eigenvalue weighted by Crippen LogP contribution is -2.43. The number of methoxy groups -OCH3 is 3. The third-order valence-corrected chi connectivity index (χ3v) is 2.85. The van der Waals surface area contributed by atoms with Gasteiger partial charge in [-0.2, -0.15) is 5.43 Å². The summed E-state index contributed by atoms with van der Waals surface area (Å²) in [5.74, 6) is 5.80. The number of nitrogens with zero attached hydrogens (tertiary/aromatic N) is 3. The van der Waals surface area contributed by atoms with Gasteiger partial charge in [0.15, 0.2) is 11.5 Å². The third-order valence-electron chi connectivity index (χ3n) is 2.85. The minimum atomic E-state index is -1.21. The normalized spacial score (nSPS) is 15.6. The quantitative estimate of drug-likeness (QED) is 0.447. The van der Waals surface area contributed by atoms with E-state index in [1.165, 1.54) is 12.4 Å². The summed E-state index contributed by atoms with van der Waals surface area (Å²) in [7, 11) is 4.64. The highest BCUT2D eigenvalue weighted by Gasteiger charge is 2.26. The molecule has 0 atom stereocenters. The Morgan fingerprint density at radius 3 is 2.10 bits per heavy atom. The summed E-state index contributed by atoms with van der Waals surface area (Å²) >= 11 is 0. The number of hydrogen-bond donors (Lipinski definition) is 2. The van der Waals surface area contributed by atoms with Crippen molar-refractivity contribution in [3.8, 4) is 17.2 Å². The molecule has 0 aromatic heterocycles. The Balaban J connectivity index is 2.36. The molecule has 8 nitrogen and oxygen atoms in total. The molecule has 0 bridgehead atoms. The van der Waals surface area contributed by atoms with Crippen LogP contribution in [0, 0.1) is 0 Å². The minimum Gasteiger partial charge on any atom is -0.493 e.